The van der Waals surface area contributed by atoms with E-state index in [0.29, 0.717) is 18.2 Å². The van der Waals surface area contributed by atoms with E-state index in [1.807, 2.05) is 36.4 Å². The highest BCUT2D eigenvalue weighted by Crippen LogP contribution is 2.37. The van der Waals surface area contributed by atoms with Crippen molar-refractivity contribution in [3.8, 4) is 22.7 Å². The van der Waals surface area contributed by atoms with Crippen LogP contribution in [0.4, 0.5) is 0 Å². The lowest BCUT2D eigenvalue weighted by atomic mass is 10.0. The summed E-state index contributed by atoms with van der Waals surface area (Å²) < 4.78 is 6.92. The predicted molar refractivity (Wildman–Crippen MR) is 105 cm³/mol. The zero-order valence-electron chi connectivity index (χ0n) is 14.5. The van der Waals surface area contributed by atoms with Gasteiger partial charge in [-0.1, -0.05) is 58.4 Å². The first-order valence-electron chi connectivity index (χ1n) is 8.35. The molecule has 0 saturated heterocycles. The third kappa shape index (κ3) is 3.10. The van der Waals surface area contributed by atoms with Crippen LogP contribution in [0, 0.1) is 19.9 Å². The van der Waals surface area contributed by atoms with E-state index in [2.05, 4.69) is 63.2 Å². The summed E-state index contributed by atoms with van der Waals surface area (Å²) in [6.45, 7) is 4.12. The van der Waals surface area contributed by atoms with Crippen molar-refractivity contribution in [2.75, 3.05) is 0 Å². The van der Waals surface area contributed by atoms with Gasteiger partial charge in [0.15, 0.2) is 0 Å². The first-order chi connectivity index (χ1) is 12.6. The Balaban J connectivity index is 1.70. The van der Waals surface area contributed by atoms with Gasteiger partial charge in [-0.2, -0.15) is 0 Å². The number of hydrogen-bond donors (Lipinski definition) is 1. The number of benzene rings is 2. The number of rotatable bonds is 4. The molecule has 0 aliphatic carbocycles. The third-order valence-corrected chi connectivity index (χ3v) is 5.06. The van der Waals surface area contributed by atoms with E-state index in [9.17, 15) is 0 Å². The fourth-order valence-corrected chi connectivity index (χ4v) is 3.64. The molecule has 0 fully saturated rings. The summed E-state index contributed by atoms with van der Waals surface area (Å²) in [4.78, 5) is 3.40. The lowest BCUT2D eigenvalue weighted by Gasteiger charge is -2.05. The van der Waals surface area contributed by atoms with Crippen molar-refractivity contribution in [1.29, 1.82) is 0 Å². The highest BCUT2D eigenvalue weighted by atomic mass is 79.9. The Morgan fingerprint density at radius 1 is 1.12 bits per heavy atom. The Labute approximate surface area is 160 Å². The molecule has 2 aromatic heterocycles. The molecule has 4 aromatic rings. The maximum Gasteiger partial charge on any atom is 0.264 e. The van der Waals surface area contributed by atoms with Gasteiger partial charge in [0.1, 0.15) is 5.69 Å². The second kappa shape index (κ2) is 6.92. The normalized spacial score (nSPS) is 11.0. The molecule has 1 radical (unpaired) electrons. The van der Waals surface area contributed by atoms with Crippen molar-refractivity contribution in [3.05, 3.63) is 81.8 Å². The van der Waals surface area contributed by atoms with Crippen LogP contribution in [0.15, 0.2) is 57.4 Å². The molecular formula is C21H17BrN3O. The van der Waals surface area contributed by atoms with Crippen LogP contribution in [-0.4, -0.2) is 15.2 Å². The fraction of sp³-hybridized carbons (Fsp3) is 0.143. The van der Waals surface area contributed by atoms with Crippen LogP contribution in [-0.2, 0) is 6.42 Å². The molecule has 26 heavy (non-hydrogen) atoms. The lowest BCUT2D eigenvalue weighted by Crippen LogP contribution is -1.87. The van der Waals surface area contributed by atoms with Crippen molar-refractivity contribution in [3.63, 3.8) is 0 Å². The number of nitrogens with zero attached hydrogens (tertiary/aromatic N) is 2. The molecule has 129 valence electrons. The Kier molecular flexibility index (Phi) is 4.47. The SMILES string of the molecule is Cc1[nH]c(-c2nnc(Cc3ccccc3)o2)c(C)c1-c1cc[c]cc1Br. The minimum atomic E-state index is 0.515. The number of aromatic amines is 1. The number of aromatic nitrogens is 3. The summed E-state index contributed by atoms with van der Waals surface area (Å²) in [6, 6.07) is 19.1. The maximum atomic E-state index is 5.92. The molecule has 4 rings (SSSR count). The van der Waals surface area contributed by atoms with Gasteiger partial charge in [0, 0.05) is 15.7 Å². The molecule has 0 atom stereocenters. The predicted octanol–water partition coefficient (Wildman–Crippen LogP) is 5.50. The first kappa shape index (κ1) is 16.8. The van der Waals surface area contributed by atoms with Crippen molar-refractivity contribution in [2.24, 2.45) is 0 Å². The third-order valence-electron chi connectivity index (χ3n) is 4.40. The second-order valence-corrected chi connectivity index (χ2v) is 7.05. The average Bonchev–Trinajstić information content (AvgIpc) is 3.21. The Morgan fingerprint density at radius 2 is 1.92 bits per heavy atom. The molecule has 0 saturated carbocycles. The van der Waals surface area contributed by atoms with Gasteiger partial charge in [-0.25, -0.2) is 0 Å². The van der Waals surface area contributed by atoms with Gasteiger partial charge < -0.3 is 9.40 Å². The molecule has 0 aliphatic heterocycles. The second-order valence-electron chi connectivity index (χ2n) is 6.19. The number of halogens is 1. The zero-order chi connectivity index (χ0) is 18.1. The molecule has 0 aliphatic rings. The smallest absolute Gasteiger partial charge is 0.264 e. The molecule has 0 spiro atoms. The molecule has 1 N–H and O–H groups in total. The van der Waals surface area contributed by atoms with Crippen LogP contribution in [0.3, 0.4) is 0 Å². The van der Waals surface area contributed by atoms with Gasteiger partial charge in [0.2, 0.25) is 5.89 Å². The maximum absolute atomic E-state index is 5.92. The molecule has 0 bridgehead atoms. The summed E-state index contributed by atoms with van der Waals surface area (Å²) >= 11 is 3.61. The number of H-pyrrole nitrogens is 1. The van der Waals surface area contributed by atoms with Crippen molar-refractivity contribution < 1.29 is 4.42 Å². The van der Waals surface area contributed by atoms with E-state index in [4.69, 9.17) is 4.42 Å². The van der Waals surface area contributed by atoms with Gasteiger partial charge in [-0.15, -0.1) is 10.2 Å². The fourth-order valence-electron chi connectivity index (χ4n) is 3.18. The minimum absolute atomic E-state index is 0.515. The lowest BCUT2D eigenvalue weighted by molar-refractivity contribution is 0.516. The van der Waals surface area contributed by atoms with E-state index in [0.717, 1.165) is 38.1 Å². The topological polar surface area (TPSA) is 54.7 Å². The van der Waals surface area contributed by atoms with Gasteiger partial charge >= 0.3 is 0 Å². The van der Waals surface area contributed by atoms with Gasteiger partial charge in [0.25, 0.3) is 5.89 Å². The van der Waals surface area contributed by atoms with Crippen LogP contribution < -0.4 is 0 Å². The molecule has 4 nitrogen and oxygen atoms in total. The first-order valence-corrected chi connectivity index (χ1v) is 9.14. The highest BCUT2D eigenvalue weighted by Gasteiger charge is 2.20. The largest absolute Gasteiger partial charge is 0.419 e. The molecule has 5 heteroatoms. The Hall–Kier alpha value is -2.66. The van der Waals surface area contributed by atoms with Crippen LogP contribution in [0.2, 0.25) is 0 Å². The van der Waals surface area contributed by atoms with E-state index < -0.39 is 0 Å². The van der Waals surface area contributed by atoms with E-state index in [1.54, 1.807) is 0 Å². The highest BCUT2D eigenvalue weighted by molar-refractivity contribution is 9.10. The standard InChI is InChI=1S/C21H17BrN3O/c1-13-19(16-10-6-7-11-17(16)22)14(2)23-20(13)21-25-24-18(26-21)12-15-8-4-3-5-9-15/h3-6,8-11,23H,12H2,1-2H3. The summed E-state index contributed by atoms with van der Waals surface area (Å²) in [7, 11) is 0. The van der Waals surface area contributed by atoms with E-state index in [-0.39, 0.29) is 0 Å². The zero-order valence-corrected chi connectivity index (χ0v) is 16.1. The Morgan fingerprint density at radius 3 is 2.69 bits per heavy atom. The summed E-state index contributed by atoms with van der Waals surface area (Å²) in [6.07, 6.45) is 0.625. The quantitative estimate of drug-likeness (QED) is 0.486. The van der Waals surface area contributed by atoms with E-state index in [1.165, 1.54) is 0 Å². The summed E-state index contributed by atoms with van der Waals surface area (Å²) in [5.41, 5.74) is 6.42. The average molecular weight is 407 g/mol. The molecule has 2 aromatic carbocycles. The van der Waals surface area contributed by atoms with Gasteiger partial charge in [-0.05, 0) is 42.7 Å². The van der Waals surface area contributed by atoms with Crippen molar-refractivity contribution in [1.82, 2.24) is 15.2 Å². The minimum Gasteiger partial charge on any atom is -0.419 e. The van der Waals surface area contributed by atoms with E-state index >= 15 is 0 Å². The molecule has 0 unspecified atom stereocenters. The number of hydrogen-bond acceptors (Lipinski definition) is 3. The van der Waals surface area contributed by atoms with Gasteiger partial charge in [-0.3, -0.25) is 0 Å². The molecular weight excluding hydrogens is 390 g/mol. The molecule has 0 amide bonds. The van der Waals surface area contributed by atoms with Gasteiger partial charge in [0.05, 0.1) is 6.42 Å². The number of aryl methyl sites for hydroxylation is 1. The monoisotopic (exact) mass is 406 g/mol. The van der Waals surface area contributed by atoms with Crippen LogP contribution in [0.5, 0.6) is 0 Å². The number of nitrogens with one attached hydrogen (secondary N) is 1. The summed E-state index contributed by atoms with van der Waals surface area (Å²) in [5.74, 6) is 1.12. The van der Waals surface area contributed by atoms with Crippen molar-refractivity contribution >= 4 is 15.9 Å². The van der Waals surface area contributed by atoms with Crippen LogP contribution in [0.25, 0.3) is 22.7 Å². The molecule has 2 heterocycles. The Bertz CT molecular complexity index is 1050. The van der Waals surface area contributed by atoms with Crippen molar-refractivity contribution in [2.45, 2.75) is 20.3 Å². The summed E-state index contributed by atoms with van der Waals surface area (Å²) in [5, 5.41) is 8.46. The van der Waals surface area contributed by atoms with Crippen LogP contribution in [0.1, 0.15) is 22.7 Å². The van der Waals surface area contributed by atoms with Crippen LogP contribution >= 0.6 is 15.9 Å².